The quantitative estimate of drug-likeness (QED) is 0.800. The van der Waals surface area contributed by atoms with E-state index in [1.165, 1.54) is 11.8 Å². The number of nitrogens with zero attached hydrogens (tertiary/aromatic N) is 3. The summed E-state index contributed by atoms with van der Waals surface area (Å²) in [5, 5.41) is 7.22. The minimum absolute atomic E-state index is 0.100. The van der Waals surface area contributed by atoms with Crippen LogP contribution in [0.1, 0.15) is 18.4 Å². The number of thioether (sulfide) groups is 1. The summed E-state index contributed by atoms with van der Waals surface area (Å²) in [7, 11) is 0. The van der Waals surface area contributed by atoms with E-state index in [4.69, 9.17) is 10.5 Å². The fraction of sp³-hybridized carbons (Fsp3) is 0.462. The molecule has 1 saturated heterocycles. The van der Waals surface area contributed by atoms with Gasteiger partial charge in [0, 0.05) is 24.1 Å². The van der Waals surface area contributed by atoms with E-state index in [9.17, 15) is 4.79 Å². The first kappa shape index (κ1) is 14.2. The van der Waals surface area contributed by atoms with Gasteiger partial charge in [-0.3, -0.25) is 4.57 Å². The lowest BCUT2D eigenvalue weighted by atomic mass is 10.2. The molecule has 1 atom stereocenters. The third-order valence-electron chi connectivity index (χ3n) is 3.42. The van der Waals surface area contributed by atoms with Crippen molar-refractivity contribution in [3.05, 3.63) is 34.4 Å². The maximum Gasteiger partial charge on any atom is 0.344 e. The standard InChI is InChI=1S/C13H17N5O2S/c14-11-9(3-1-5-15-11)8-21-13-17-16-12(19)18(13)7-10-4-2-6-20-10/h1,3,5,10H,2,4,6-8H2,(H2,14,15)(H,16,19). The van der Waals surface area contributed by atoms with Crippen molar-refractivity contribution < 1.29 is 4.74 Å². The van der Waals surface area contributed by atoms with Crippen molar-refractivity contribution in [3.8, 4) is 0 Å². The molecule has 1 aliphatic rings. The number of rotatable bonds is 5. The first-order valence-electron chi connectivity index (χ1n) is 6.83. The Morgan fingerprint density at radius 2 is 2.48 bits per heavy atom. The van der Waals surface area contributed by atoms with Gasteiger partial charge in [-0.25, -0.2) is 14.9 Å². The van der Waals surface area contributed by atoms with Gasteiger partial charge in [-0.05, 0) is 18.9 Å². The number of hydrogen-bond acceptors (Lipinski definition) is 6. The molecule has 1 fully saturated rings. The summed E-state index contributed by atoms with van der Waals surface area (Å²) in [6.07, 6.45) is 3.79. The van der Waals surface area contributed by atoms with Gasteiger partial charge in [0.05, 0.1) is 12.6 Å². The number of nitrogens with two attached hydrogens (primary N) is 1. The second kappa shape index (κ2) is 6.31. The molecule has 3 heterocycles. The molecule has 0 saturated carbocycles. The van der Waals surface area contributed by atoms with Gasteiger partial charge in [0.15, 0.2) is 5.16 Å². The molecular weight excluding hydrogens is 290 g/mol. The maximum atomic E-state index is 11.8. The fourth-order valence-electron chi connectivity index (χ4n) is 2.28. The highest BCUT2D eigenvalue weighted by molar-refractivity contribution is 7.98. The molecule has 0 bridgehead atoms. The molecule has 2 aromatic heterocycles. The van der Waals surface area contributed by atoms with Gasteiger partial charge in [0.25, 0.3) is 0 Å². The number of ether oxygens (including phenoxy) is 1. The highest BCUT2D eigenvalue weighted by Gasteiger charge is 2.19. The lowest BCUT2D eigenvalue weighted by Gasteiger charge is -2.11. The summed E-state index contributed by atoms with van der Waals surface area (Å²) in [5.41, 5.74) is 6.55. The average molecular weight is 307 g/mol. The molecule has 2 aromatic rings. The summed E-state index contributed by atoms with van der Waals surface area (Å²) in [5.74, 6) is 1.13. The molecule has 0 spiro atoms. The molecule has 21 heavy (non-hydrogen) atoms. The predicted octanol–water partition coefficient (Wildman–Crippen LogP) is 1.02. The first-order chi connectivity index (χ1) is 10.2. The number of aromatic nitrogens is 4. The van der Waals surface area contributed by atoms with Gasteiger partial charge < -0.3 is 10.5 Å². The minimum atomic E-state index is -0.202. The number of nitrogen functional groups attached to an aromatic ring is 1. The molecule has 3 N–H and O–H groups in total. The largest absolute Gasteiger partial charge is 0.383 e. The lowest BCUT2D eigenvalue weighted by molar-refractivity contribution is 0.0941. The minimum Gasteiger partial charge on any atom is -0.383 e. The maximum absolute atomic E-state index is 11.8. The average Bonchev–Trinajstić information content (AvgIpc) is 3.11. The molecule has 0 amide bonds. The molecular formula is C13H17N5O2S. The number of pyridine rings is 1. The Morgan fingerprint density at radius 3 is 3.24 bits per heavy atom. The summed E-state index contributed by atoms with van der Waals surface area (Å²) < 4.78 is 7.21. The van der Waals surface area contributed by atoms with Crippen LogP contribution >= 0.6 is 11.8 Å². The van der Waals surface area contributed by atoms with Crippen molar-refractivity contribution in [2.24, 2.45) is 0 Å². The number of hydrogen-bond donors (Lipinski definition) is 2. The third-order valence-corrected chi connectivity index (χ3v) is 4.44. The van der Waals surface area contributed by atoms with Gasteiger partial charge in [0.1, 0.15) is 5.82 Å². The number of aromatic amines is 1. The van der Waals surface area contributed by atoms with Crippen molar-refractivity contribution in [1.29, 1.82) is 0 Å². The Bertz CT molecular complexity index is 663. The van der Waals surface area contributed by atoms with E-state index < -0.39 is 0 Å². The number of H-pyrrole nitrogens is 1. The second-order valence-electron chi connectivity index (χ2n) is 4.89. The highest BCUT2D eigenvalue weighted by atomic mass is 32.2. The molecule has 0 aliphatic carbocycles. The Balaban J connectivity index is 1.71. The third kappa shape index (κ3) is 3.27. The summed E-state index contributed by atoms with van der Waals surface area (Å²) in [4.78, 5) is 15.9. The normalized spacial score (nSPS) is 18.2. The molecule has 7 nitrogen and oxygen atoms in total. The monoisotopic (exact) mass is 307 g/mol. The Morgan fingerprint density at radius 1 is 1.57 bits per heavy atom. The van der Waals surface area contributed by atoms with Crippen LogP contribution < -0.4 is 11.4 Å². The Kier molecular flexibility index (Phi) is 4.26. The topological polar surface area (TPSA) is 98.8 Å². The van der Waals surface area contributed by atoms with Gasteiger partial charge in [-0.15, -0.1) is 5.10 Å². The Labute approximate surface area is 125 Å². The van der Waals surface area contributed by atoms with E-state index in [0.29, 0.717) is 23.3 Å². The van der Waals surface area contributed by atoms with Crippen molar-refractivity contribution in [1.82, 2.24) is 19.7 Å². The van der Waals surface area contributed by atoms with E-state index in [0.717, 1.165) is 25.0 Å². The van der Waals surface area contributed by atoms with Gasteiger partial charge in [0.2, 0.25) is 0 Å². The van der Waals surface area contributed by atoms with Crippen LogP contribution in [0.4, 0.5) is 5.82 Å². The van der Waals surface area contributed by atoms with Crippen LogP contribution in [0.2, 0.25) is 0 Å². The van der Waals surface area contributed by atoms with Crippen LogP contribution in [-0.4, -0.2) is 32.5 Å². The zero-order chi connectivity index (χ0) is 14.7. The molecule has 112 valence electrons. The summed E-state index contributed by atoms with van der Waals surface area (Å²) in [6, 6.07) is 3.76. The van der Waals surface area contributed by atoms with E-state index in [1.54, 1.807) is 10.8 Å². The lowest BCUT2D eigenvalue weighted by Crippen LogP contribution is -2.24. The fourth-order valence-corrected chi connectivity index (χ4v) is 3.23. The van der Waals surface area contributed by atoms with E-state index in [1.807, 2.05) is 12.1 Å². The molecule has 3 rings (SSSR count). The SMILES string of the molecule is Nc1ncccc1CSc1n[nH]c(=O)n1CC1CCCO1. The molecule has 1 unspecified atom stereocenters. The van der Waals surface area contributed by atoms with Gasteiger partial charge >= 0.3 is 5.69 Å². The second-order valence-corrected chi connectivity index (χ2v) is 5.84. The van der Waals surface area contributed by atoms with Crippen LogP contribution in [0.5, 0.6) is 0 Å². The Hall–Kier alpha value is -1.80. The zero-order valence-electron chi connectivity index (χ0n) is 11.5. The van der Waals surface area contributed by atoms with Crippen LogP contribution in [0.25, 0.3) is 0 Å². The van der Waals surface area contributed by atoms with Crippen molar-refractivity contribution in [2.45, 2.75) is 36.4 Å². The van der Waals surface area contributed by atoms with E-state index >= 15 is 0 Å². The van der Waals surface area contributed by atoms with E-state index in [-0.39, 0.29) is 11.8 Å². The highest BCUT2D eigenvalue weighted by Crippen LogP contribution is 2.23. The molecule has 1 aliphatic heterocycles. The van der Waals surface area contributed by atoms with Gasteiger partial charge in [-0.1, -0.05) is 17.8 Å². The van der Waals surface area contributed by atoms with Crippen LogP contribution in [0.3, 0.4) is 0 Å². The van der Waals surface area contributed by atoms with Crippen LogP contribution in [0, 0.1) is 0 Å². The number of anilines is 1. The summed E-state index contributed by atoms with van der Waals surface area (Å²) in [6.45, 7) is 1.31. The number of nitrogens with one attached hydrogen (secondary N) is 1. The van der Waals surface area contributed by atoms with Crippen molar-refractivity contribution in [2.75, 3.05) is 12.3 Å². The zero-order valence-corrected chi connectivity index (χ0v) is 12.3. The van der Waals surface area contributed by atoms with Crippen molar-refractivity contribution in [3.63, 3.8) is 0 Å². The summed E-state index contributed by atoms with van der Waals surface area (Å²) >= 11 is 1.46. The molecule has 0 aromatic carbocycles. The molecule has 0 radical (unpaired) electrons. The van der Waals surface area contributed by atoms with Crippen LogP contribution in [0.15, 0.2) is 28.3 Å². The van der Waals surface area contributed by atoms with E-state index in [2.05, 4.69) is 15.2 Å². The van der Waals surface area contributed by atoms with Gasteiger partial charge in [-0.2, -0.15) is 0 Å². The smallest absolute Gasteiger partial charge is 0.344 e. The van der Waals surface area contributed by atoms with Crippen molar-refractivity contribution >= 4 is 17.6 Å². The molecule has 8 heteroatoms. The van der Waals surface area contributed by atoms with Crippen LogP contribution in [-0.2, 0) is 17.0 Å². The predicted molar refractivity (Wildman–Crippen MR) is 80.0 cm³/mol. The first-order valence-corrected chi connectivity index (χ1v) is 7.81.